The Hall–Kier alpha value is -1.13. The maximum atomic E-state index is 4.60. The van der Waals surface area contributed by atoms with Crippen LogP contribution in [0.2, 0.25) is 0 Å². The van der Waals surface area contributed by atoms with E-state index in [-0.39, 0.29) is 0 Å². The molecule has 4 heteroatoms. The van der Waals surface area contributed by atoms with Crippen molar-refractivity contribution in [3.63, 3.8) is 0 Å². The SMILES string of the molecule is CCCNC(C)c1ccnc(N2CCCC(N(C)C)C2)c1. The molecule has 4 nitrogen and oxygen atoms in total. The lowest BCUT2D eigenvalue weighted by atomic mass is 10.0. The molecule has 1 fully saturated rings. The van der Waals surface area contributed by atoms with Gasteiger partial charge in [0.1, 0.15) is 5.82 Å². The van der Waals surface area contributed by atoms with Crippen LogP contribution in [-0.4, -0.2) is 49.7 Å². The second-order valence-electron chi connectivity index (χ2n) is 6.33. The monoisotopic (exact) mass is 290 g/mol. The molecule has 1 aromatic heterocycles. The highest BCUT2D eigenvalue weighted by Crippen LogP contribution is 2.22. The molecule has 1 aliphatic heterocycles. The number of aromatic nitrogens is 1. The topological polar surface area (TPSA) is 31.4 Å². The molecule has 2 rings (SSSR count). The fourth-order valence-corrected chi connectivity index (χ4v) is 2.94. The predicted octanol–water partition coefficient (Wildman–Crippen LogP) is 2.67. The molecule has 1 aliphatic rings. The van der Waals surface area contributed by atoms with E-state index in [2.05, 4.69) is 60.2 Å². The maximum absolute atomic E-state index is 4.60. The minimum atomic E-state index is 0.390. The Balaban J connectivity index is 2.06. The van der Waals surface area contributed by atoms with Crippen molar-refractivity contribution in [2.45, 2.75) is 45.2 Å². The number of pyridine rings is 1. The smallest absolute Gasteiger partial charge is 0.128 e. The van der Waals surface area contributed by atoms with Crippen molar-refractivity contribution >= 4 is 5.82 Å². The fraction of sp³-hybridized carbons (Fsp3) is 0.706. The largest absolute Gasteiger partial charge is 0.355 e. The van der Waals surface area contributed by atoms with Crippen LogP contribution in [0.15, 0.2) is 18.3 Å². The van der Waals surface area contributed by atoms with Crippen LogP contribution in [0.25, 0.3) is 0 Å². The van der Waals surface area contributed by atoms with Crippen LogP contribution in [0.5, 0.6) is 0 Å². The van der Waals surface area contributed by atoms with E-state index in [9.17, 15) is 0 Å². The van der Waals surface area contributed by atoms with E-state index in [4.69, 9.17) is 0 Å². The third kappa shape index (κ3) is 4.42. The molecule has 2 atom stereocenters. The Morgan fingerprint density at radius 1 is 1.48 bits per heavy atom. The van der Waals surface area contributed by atoms with Crippen molar-refractivity contribution in [1.29, 1.82) is 0 Å². The van der Waals surface area contributed by atoms with Crippen LogP contribution in [-0.2, 0) is 0 Å². The van der Waals surface area contributed by atoms with Gasteiger partial charge in [-0.05, 0) is 64.5 Å². The Bertz CT molecular complexity index is 433. The van der Waals surface area contributed by atoms with Gasteiger partial charge in [0, 0.05) is 31.4 Å². The molecule has 0 amide bonds. The number of rotatable bonds is 6. The average molecular weight is 290 g/mol. The number of nitrogens with one attached hydrogen (secondary N) is 1. The predicted molar refractivity (Wildman–Crippen MR) is 89.9 cm³/mol. The van der Waals surface area contributed by atoms with Crippen molar-refractivity contribution in [1.82, 2.24) is 15.2 Å². The Kier molecular flexibility index (Phi) is 6.00. The standard InChI is InChI=1S/C17H30N4/c1-5-9-18-14(2)15-8-10-19-17(12-15)21-11-6-7-16(13-21)20(3)4/h8,10,12,14,16,18H,5-7,9,11,13H2,1-4H3. The highest BCUT2D eigenvalue weighted by Gasteiger charge is 2.22. The average Bonchev–Trinajstić information content (AvgIpc) is 2.52. The van der Waals surface area contributed by atoms with E-state index in [0.29, 0.717) is 12.1 Å². The van der Waals surface area contributed by atoms with Crippen molar-refractivity contribution in [2.75, 3.05) is 38.6 Å². The minimum Gasteiger partial charge on any atom is -0.355 e. The van der Waals surface area contributed by atoms with Crippen LogP contribution >= 0.6 is 0 Å². The second kappa shape index (κ2) is 7.76. The first-order valence-electron chi connectivity index (χ1n) is 8.22. The maximum Gasteiger partial charge on any atom is 0.128 e. The highest BCUT2D eigenvalue weighted by atomic mass is 15.2. The van der Waals surface area contributed by atoms with Crippen molar-refractivity contribution in [3.05, 3.63) is 23.9 Å². The lowest BCUT2D eigenvalue weighted by Crippen LogP contribution is -2.45. The summed E-state index contributed by atoms with van der Waals surface area (Å²) >= 11 is 0. The zero-order valence-corrected chi connectivity index (χ0v) is 14.0. The lowest BCUT2D eigenvalue weighted by molar-refractivity contribution is 0.257. The van der Waals surface area contributed by atoms with E-state index >= 15 is 0 Å². The Morgan fingerprint density at radius 2 is 2.29 bits per heavy atom. The molecular formula is C17H30N4. The summed E-state index contributed by atoms with van der Waals surface area (Å²) < 4.78 is 0. The van der Waals surface area contributed by atoms with Gasteiger partial charge >= 0.3 is 0 Å². The van der Waals surface area contributed by atoms with Gasteiger partial charge in [0.15, 0.2) is 0 Å². The number of hydrogen-bond donors (Lipinski definition) is 1. The first-order valence-corrected chi connectivity index (χ1v) is 8.22. The van der Waals surface area contributed by atoms with Gasteiger partial charge in [-0.1, -0.05) is 6.92 Å². The number of likely N-dealkylation sites (N-methyl/N-ethyl adjacent to an activating group) is 1. The molecule has 2 unspecified atom stereocenters. The summed E-state index contributed by atoms with van der Waals surface area (Å²) in [7, 11) is 4.35. The number of hydrogen-bond acceptors (Lipinski definition) is 4. The van der Waals surface area contributed by atoms with Crippen molar-refractivity contribution in [2.24, 2.45) is 0 Å². The van der Waals surface area contributed by atoms with Gasteiger partial charge in [-0.3, -0.25) is 0 Å². The number of piperidine rings is 1. The highest BCUT2D eigenvalue weighted by molar-refractivity contribution is 5.42. The number of nitrogens with zero attached hydrogens (tertiary/aromatic N) is 3. The third-order valence-electron chi connectivity index (χ3n) is 4.42. The van der Waals surface area contributed by atoms with Gasteiger partial charge in [0.2, 0.25) is 0 Å². The summed E-state index contributed by atoms with van der Waals surface area (Å²) in [5.74, 6) is 1.13. The summed E-state index contributed by atoms with van der Waals surface area (Å²) in [5.41, 5.74) is 1.33. The van der Waals surface area contributed by atoms with E-state index in [0.717, 1.165) is 25.5 Å². The van der Waals surface area contributed by atoms with Crippen molar-refractivity contribution in [3.8, 4) is 0 Å². The molecule has 0 saturated carbocycles. The van der Waals surface area contributed by atoms with E-state index in [1.54, 1.807) is 0 Å². The van der Waals surface area contributed by atoms with Gasteiger partial charge in [0.25, 0.3) is 0 Å². The zero-order valence-electron chi connectivity index (χ0n) is 14.0. The van der Waals surface area contributed by atoms with Crippen LogP contribution in [0.3, 0.4) is 0 Å². The zero-order chi connectivity index (χ0) is 15.2. The van der Waals surface area contributed by atoms with E-state index in [1.807, 2.05) is 6.20 Å². The van der Waals surface area contributed by atoms with Crippen LogP contribution < -0.4 is 10.2 Å². The summed E-state index contributed by atoms with van der Waals surface area (Å²) in [5, 5.41) is 3.55. The van der Waals surface area contributed by atoms with E-state index < -0.39 is 0 Å². The molecule has 0 bridgehead atoms. The van der Waals surface area contributed by atoms with Crippen LogP contribution in [0, 0.1) is 0 Å². The van der Waals surface area contributed by atoms with Crippen molar-refractivity contribution < 1.29 is 0 Å². The summed E-state index contributed by atoms with van der Waals surface area (Å²) in [6.07, 6.45) is 5.66. The Labute approximate surface area is 129 Å². The van der Waals surface area contributed by atoms with Gasteiger partial charge in [-0.15, -0.1) is 0 Å². The van der Waals surface area contributed by atoms with E-state index in [1.165, 1.54) is 24.8 Å². The number of anilines is 1. The normalized spacial score (nSPS) is 20.8. The molecule has 0 spiro atoms. The molecule has 21 heavy (non-hydrogen) atoms. The van der Waals surface area contributed by atoms with Gasteiger partial charge in [-0.2, -0.15) is 0 Å². The third-order valence-corrected chi connectivity index (χ3v) is 4.42. The summed E-state index contributed by atoms with van der Waals surface area (Å²) in [4.78, 5) is 9.37. The molecule has 2 heterocycles. The molecule has 0 aromatic carbocycles. The minimum absolute atomic E-state index is 0.390. The first kappa shape index (κ1) is 16.2. The van der Waals surface area contributed by atoms with Crippen LogP contribution in [0.4, 0.5) is 5.82 Å². The van der Waals surface area contributed by atoms with Gasteiger partial charge in [-0.25, -0.2) is 4.98 Å². The van der Waals surface area contributed by atoms with Gasteiger partial charge in [0.05, 0.1) is 0 Å². The van der Waals surface area contributed by atoms with Gasteiger partial charge < -0.3 is 15.1 Å². The molecular weight excluding hydrogens is 260 g/mol. The molecule has 0 aliphatic carbocycles. The van der Waals surface area contributed by atoms with Crippen LogP contribution in [0.1, 0.15) is 44.7 Å². The molecule has 0 radical (unpaired) electrons. The fourth-order valence-electron chi connectivity index (χ4n) is 2.94. The summed E-state index contributed by atoms with van der Waals surface area (Å²) in [6, 6.07) is 5.41. The molecule has 1 N–H and O–H groups in total. The first-order chi connectivity index (χ1) is 10.1. The second-order valence-corrected chi connectivity index (χ2v) is 6.33. The molecule has 1 saturated heterocycles. The lowest BCUT2D eigenvalue weighted by Gasteiger charge is -2.37. The quantitative estimate of drug-likeness (QED) is 0.873. The Morgan fingerprint density at radius 3 is 3.00 bits per heavy atom. The summed E-state index contributed by atoms with van der Waals surface area (Å²) in [6.45, 7) is 7.70. The molecule has 118 valence electrons. The molecule has 1 aromatic rings.